The molecule has 1 fully saturated rings. The number of benzene rings is 2. The van der Waals surface area contributed by atoms with Crippen molar-refractivity contribution in [3.8, 4) is 6.07 Å². The van der Waals surface area contributed by atoms with Gasteiger partial charge in [0.05, 0.1) is 11.6 Å². The van der Waals surface area contributed by atoms with Gasteiger partial charge in [0.15, 0.2) is 0 Å². The number of rotatable bonds is 4. The van der Waals surface area contributed by atoms with Gasteiger partial charge in [-0.05, 0) is 36.8 Å². The van der Waals surface area contributed by atoms with Crippen LogP contribution in [-0.2, 0) is 15.1 Å². The molecule has 3 rings (SSSR count). The first-order chi connectivity index (χ1) is 13.8. The van der Waals surface area contributed by atoms with Crippen LogP contribution >= 0.6 is 0 Å². The van der Waals surface area contributed by atoms with Gasteiger partial charge in [0, 0.05) is 5.69 Å². The second-order valence-corrected chi connectivity index (χ2v) is 6.51. The largest absolute Gasteiger partial charge is 0.325 e. The van der Waals surface area contributed by atoms with Crippen molar-refractivity contribution in [2.24, 2.45) is 0 Å². The summed E-state index contributed by atoms with van der Waals surface area (Å²) in [5.74, 6) is -1.48. The predicted octanol–water partition coefficient (Wildman–Crippen LogP) is 1.67. The summed E-state index contributed by atoms with van der Waals surface area (Å²) in [6.07, 6.45) is 0. The van der Waals surface area contributed by atoms with Crippen LogP contribution in [0.25, 0.3) is 0 Å². The molecule has 1 aliphatic heterocycles. The van der Waals surface area contributed by atoms with Gasteiger partial charge < -0.3 is 10.6 Å². The molecule has 2 aromatic rings. The van der Waals surface area contributed by atoms with Gasteiger partial charge in [-0.1, -0.05) is 30.3 Å². The van der Waals surface area contributed by atoms with E-state index in [1.54, 1.807) is 48.5 Å². The molecule has 6 amide bonds. The third-order valence-corrected chi connectivity index (χ3v) is 4.43. The minimum absolute atomic E-state index is 0.333. The number of anilines is 1. The molecule has 0 radical (unpaired) electrons. The van der Waals surface area contributed by atoms with Gasteiger partial charge in [0.1, 0.15) is 12.1 Å². The van der Waals surface area contributed by atoms with Gasteiger partial charge in [0.2, 0.25) is 5.91 Å². The van der Waals surface area contributed by atoms with Crippen molar-refractivity contribution in [1.82, 2.24) is 15.5 Å². The quantitative estimate of drug-likeness (QED) is 0.682. The zero-order chi connectivity index (χ0) is 21.0. The van der Waals surface area contributed by atoms with Gasteiger partial charge in [-0.15, -0.1) is 0 Å². The van der Waals surface area contributed by atoms with Crippen LogP contribution in [0, 0.1) is 11.3 Å². The van der Waals surface area contributed by atoms with E-state index in [9.17, 15) is 19.2 Å². The van der Waals surface area contributed by atoms with Crippen LogP contribution in [0.15, 0.2) is 54.6 Å². The lowest BCUT2D eigenvalue weighted by atomic mass is 9.91. The summed E-state index contributed by atoms with van der Waals surface area (Å²) in [5.41, 5.74) is -0.187. The average Bonchev–Trinajstić information content (AvgIpc) is 2.92. The highest BCUT2D eigenvalue weighted by atomic mass is 16.2. The number of hydrogen-bond donors (Lipinski definition) is 3. The lowest BCUT2D eigenvalue weighted by Gasteiger charge is -2.22. The lowest BCUT2D eigenvalue weighted by molar-refractivity contribution is -0.134. The number of imide groups is 2. The maximum atomic E-state index is 12.8. The van der Waals surface area contributed by atoms with Crippen molar-refractivity contribution < 1.29 is 19.2 Å². The number of para-hydroxylation sites is 1. The first-order valence-corrected chi connectivity index (χ1v) is 8.64. The van der Waals surface area contributed by atoms with Crippen molar-refractivity contribution in [2.45, 2.75) is 12.5 Å². The standard InChI is InChI=1S/C20H17N5O4/c1-20(14-7-5-6-13(10-14)11-21)17(27)25(19(29)24-20)12-16(26)23-18(28)22-15-8-3-2-4-9-15/h2-10H,12H2,1H3,(H,24,29)(H2,22,23,26,28). The van der Waals surface area contributed by atoms with Crippen LogP contribution in [0.5, 0.6) is 0 Å². The van der Waals surface area contributed by atoms with E-state index >= 15 is 0 Å². The molecule has 1 aliphatic rings. The Morgan fingerprint density at radius 3 is 2.55 bits per heavy atom. The molecule has 3 N–H and O–H groups in total. The second-order valence-electron chi connectivity index (χ2n) is 6.51. The third kappa shape index (κ3) is 4.06. The zero-order valence-corrected chi connectivity index (χ0v) is 15.4. The fraction of sp³-hybridized carbons (Fsp3) is 0.150. The van der Waals surface area contributed by atoms with E-state index in [1.807, 2.05) is 6.07 Å². The summed E-state index contributed by atoms with van der Waals surface area (Å²) in [4.78, 5) is 49.9. The van der Waals surface area contributed by atoms with E-state index in [4.69, 9.17) is 5.26 Å². The number of nitrogens with zero attached hydrogens (tertiary/aromatic N) is 2. The number of urea groups is 2. The Bertz CT molecular complexity index is 1030. The average molecular weight is 391 g/mol. The zero-order valence-electron chi connectivity index (χ0n) is 15.4. The van der Waals surface area contributed by atoms with Gasteiger partial charge >= 0.3 is 12.1 Å². The fourth-order valence-electron chi connectivity index (χ4n) is 2.93. The maximum Gasteiger partial charge on any atom is 0.325 e. The first-order valence-electron chi connectivity index (χ1n) is 8.64. The maximum absolute atomic E-state index is 12.8. The Labute approximate surface area is 166 Å². The molecular weight excluding hydrogens is 374 g/mol. The Morgan fingerprint density at radius 2 is 1.86 bits per heavy atom. The van der Waals surface area contributed by atoms with Crippen molar-refractivity contribution in [1.29, 1.82) is 5.26 Å². The van der Waals surface area contributed by atoms with Crippen LogP contribution in [0.1, 0.15) is 18.1 Å². The monoisotopic (exact) mass is 391 g/mol. The van der Waals surface area contributed by atoms with Crippen molar-refractivity contribution in [3.05, 3.63) is 65.7 Å². The first kappa shape index (κ1) is 19.6. The number of hydrogen-bond acceptors (Lipinski definition) is 5. The SMILES string of the molecule is CC1(c2cccc(C#N)c2)NC(=O)N(CC(=O)NC(=O)Nc2ccccc2)C1=O. The summed E-state index contributed by atoms with van der Waals surface area (Å²) in [7, 11) is 0. The van der Waals surface area contributed by atoms with Gasteiger partial charge in [0.25, 0.3) is 5.91 Å². The Kier molecular flexibility index (Phi) is 5.27. The van der Waals surface area contributed by atoms with Gasteiger partial charge in [-0.2, -0.15) is 5.26 Å². The minimum atomic E-state index is -1.42. The third-order valence-electron chi connectivity index (χ3n) is 4.43. The van der Waals surface area contributed by atoms with E-state index < -0.39 is 36.0 Å². The molecule has 1 saturated heterocycles. The van der Waals surface area contributed by atoms with E-state index in [1.165, 1.54) is 13.0 Å². The number of nitriles is 1. The number of nitrogens with one attached hydrogen (secondary N) is 3. The van der Waals surface area contributed by atoms with Crippen molar-refractivity contribution in [3.63, 3.8) is 0 Å². The van der Waals surface area contributed by atoms with Gasteiger partial charge in [-0.3, -0.25) is 19.8 Å². The molecule has 1 unspecified atom stereocenters. The van der Waals surface area contributed by atoms with Crippen LogP contribution in [0.3, 0.4) is 0 Å². The molecule has 29 heavy (non-hydrogen) atoms. The summed E-state index contributed by atoms with van der Waals surface area (Å²) < 4.78 is 0. The summed E-state index contributed by atoms with van der Waals surface area (Å²) in [5, 5.41) is 16.1. The number of carbonyl (C=O) groups is 4. The summed E-state index contributed by atoms with van der Waals surface area (Å²) in [6.45, 7) is 0.865. The Balaban J connectivity index is 1.67. The molecule has 2 aromatic carbocycles. The van der Waals surface area contributed by atoms with Crippen molar-refractivity contribution in [2.75, 3.05) is 11.9 Å². The minimum Gasteiger partial charge on any atom is -0.319 e. The molecule has 1 atom stereocenters. The van der Waals surface area contributed by atoms with Crippen LogP contribution in [0.4, 0.5) is 15.3 Å². The molecule has 0 saturated carbocycles. The number of carbonyl (C=O) groups excluding carboxylic acids is 4. The molecule has 9 heteroatoms. The Morgan fingerprint density at radius 1 is 1.14 bits per heavy atom. The smallest absolute Gasteiger partial charge is 0.319 e. The van der Waals surface area contributed by atoms with Crippen LogP contribution < -0.4 is 16.0 Å². The fourth-order valence-corrected chi connectivity index (χ4v) is 2.93. The molecule has 0 bridgehead atoms. The van der Waals surface area contributed by atoms with E-state index in [2.05, 4.69) is 16.0 Å². The topological polar surface area (TPSA) is 131 Å². The highest BCUT2D eigenvalue weighted by molar-refractivity contribution is 6.10. The molecule has 0 aliphatic carbocycles. The summed E-state index contributed by atoms with van der Waals surface area (Å²) >= 11 is 0. The second kappa shape index (κ2) is 7.82. The summed E-state index contributed by atoms with van der Waals surface area (Å²) in [6, 6.07) is 15.2. The van der Waals surface area contributed by atoms with Crippen molar-refractivity contribution >= 4 is 29.6 Å². The molecule has 146 valence electrons. The van der Waals surface area contributed by atoms with Gasteiger partial charge in [-0.25, -0.2) is 9.59 Å². The highest BCUT2D eigenvalue weighted by Gasteiger charge is 2.49. The molecule has 1 heterocycles. The number of amides is 6. The molecule has 0 spiro atoms. The van der Waals surface area contributed by atoms with Crippen LogP contribution in [0.2, 0.25) is 0 Å². The molecular formula is C20H17N5O4. The van der Waals surface area contributed by atoms with Crippen LogP contribution in [-0.4, -0.2) is 35.3 Å². The van der Waals surface area contributed by atoms with E-state index in [-0.39, 0.29) is 0 Å². The molecule has 9 nitrogen and oxygen atoms in total. The highest BCUT2D eigenvalue weighted by Crippen LogP contribution is 2.29. The van der Waals surface area contributed by atoms with E-state index in [0.717, 1.165) is 4.90 Å². The normalized spacial score (nSPS) is 18.0. The van der Waals surface area contributed by atoms with E-state index in [0.29, 0.717) is 16.8 Å². The molecule has 0 aromatic heterocycles. The Hall–Kier alpha value is -4.19. The predicted molar refractivity (Wildman–Crippen MR) is 102 cm³/mol. The lowest BCUT2D eigenvalue weighted by Crippen LogP contribution is -2.45.